The minimum atomic E-state index is -0.945. The van der Waals surface area contributed by atoms with E-state index in [2.05, 4.69) is 10.6 Å². The van der Waals surface area contributed by atoms with E-state index in [1.54, 1.807) is 6.07 Å². The van der Waals surface area contributed by atoms with Crippen molar-refractivity contribution in [1.82, 2.24) is 0 Å². The molecule has 3 rings (SSSR count). The van der Waals surface area contributed by atoms with E-state index >= 15 is 0 Å². The number of ether oxygens (including phenoxy) is 1. The smallest absolute Gasteiger partial charge is 0.308 e. The van der Waals surface area contributed by atoms with Crippen molar-refractivity contribution in [1.29, 1.82) is 0 Å². The molecule has 126 valence electrons. The molecule has 1 unspecified atom stereocenters. The minimum Gasteiger partial charge on any atom is -0.493 e. The Morgan fingerprint density at radius 1 is 1.17 bits per heavy atom. The van der Waals surface area contributed by atoms with Gasteiger partial charge in [0.2, 0.25) is 0 Å². The Morgan fingerprint density at radius 3 is 2.67 bits per heavy atom. The Kier molecular flexibility index (Phi) is 4.80. The molecular formula is C17H17FN2O3S. The van der Waals surface area contributed by atoms with Crippen molar-refractivity contribution in [2.45, 2.75) is 11.4 Å². The standard InChI is InChI=1S/C17H17FN2O3S/c18-12-6-7-14-15(10-12)20-17(19-14,11-16(21)22)24-9-8-23-13-4-2-1-3-5-13/h1-7,10,19-20H,8-9,11H2,(H,21,22). The maximum Gasteiger partial charge on any atom is 0.308 e. The number of carbonyl (C=O) groups is 1. The molecule has 1 aliphatic rings. The van der Waals surface area contributed by atoms with Crippen molar-refractivity contribution >= 4 is 29.1 Å². The predicted octanol–water partition coefficient (Wildman–Crippen LogP) is 3.60. The average molecular weight is 348 g/mol. The van der Waals surface area contributed by atoms with Gasteiger partial charge in [-0.1, -0.05) is 18.2 Å². The van der Waals surface area contributed by atoms with Gasteiger partial charge in [0.05, 0.1) is 24.4 Å². The van der Waals surface area contributed by atoms with E-state index in [9.17, 15) is 14.3 Å². The molecule has 1 heterocycles. The van der Waals surface area contributed by atoms with Gasteiger partial charge < -0.3 is 20.5 Å². The molecule has 0 fully saturated rings. The highest BCUT2D eigenvalue weighted by Crippen LogP contribution is 2.42. The molecule has 0 spiro atoms. The van der Waals surface area contributed by atoms with E-state index in [-0.39, 0.29) is 12.2 Å². The van der Waals surface area contributed by atoms with Gasteiger partial charge in [-0.25, -0.2) is 4.39 Å². The Bertz CT molecular complexity index is 729. The lowest BCUT2D eigenvalue weighted by atomic mass is 10.3. The van der Waals surface area contributed by atoms with Gasteiger partial charge in [-0.15, -0.1) is 11.8 Å². The number of anilines is 2. The van der Waals surface area contributed by atoms with Gasteiger partial charge in [-0.3, -0.25) is 4.79 Å². The highest BCUT2D eigenvalue weighted by Gasteiger charge is 2.39. The first-order chi connectivity index (χ1) is 11.6. The third-order valence-corrected chi connectivity index (χ3v) is 4.71. The summed E-state index contributed by atoms with van der Waals surface area (Å²) in [6.45, 7) is 0.435. The number of hydrogen-bond donors (Lipinski definition) is 3. The molecule has 1 aliphatic heterocycles. The van der Waals surface area contributed by atoms with Gasteiger partial charge >= 0.3 is 5.97 Å². The van der Waals surface area contributed by atoms with Crippen LogP contribution in [-0.4, -0.2) is 28.4 Å². The number of carboxylic acids is 1. The van der Waals surface area contributed by atoms with Gasteiger partial charge in [-0.2, -0.15) is 0 Å². The zero-order valence-electron chi connectivity index (χ0n) is 12.8. The Balaban J connectivity index is 1.62. The molecular weight excluding hydrogens is 331 g/mol. The zero-order chi connectivity index (χ0) is 17.0. The molecule has 0 aromatic heterocycles. The van der Waals surface area contributed by atoms with Crippen LogP contribution in [0.4, 0.5) is 15.8 Å². The van der Waals surface area contributed by atoms with Crippen LogP contribution in [0, 0.1) is 5.82 Å². The second-order valence-corrected chi connectivity index (χ2v) is 6.74. The number of thioether (sulfide) groups is 1. The quantitative estimate of drug-likeness (QED) is 0.664. The van der Waals surface area contributed by atoms with E-state index in [1.807, 2.05) is 30.3 Å². The summed E-state index contributed by atoms with van der Waals surface area (Å²) >= 11 is 1.39. The fourth-order valence-corrected chi connectivity index (χ4v) is 3.62. The number of halogens is 1. The van der Waals surface area contributed by atoms with Crippen LogP contribution in [0.25, 0.3) is 0 Å². The van der Waals surface area contributed by atoms with Crippen LogP contribution >= 0.6 is 11.8 Å². The number of nitrogens with one attached hydrogen (secondary N) is 2. The van der Waals surface area contributed by atoms with Gasteiger partial charge in [-0.05, 0) is 30.3 Å². The van der Waals surface area contributed by atoms with Crippen molar-refractivity contribution in [2.75, 3.05) is 23.0 Å². The number of aliphatic carboxylic acids is 1. The van der Waals surface area contributed by atoms with Crippen LogP contribution in [0.2, 0.25) is 0 Å². The number of rotatable bonds is 7. The van der Waals surface area contributed by atoms with E-state index < -0.39 is 11.0 Å². The summed E-state index contributed by atoms with van der Waals surface area (Å²) in [5, 5.41) is 15.5. The topological polar surface area (TPSA) is 70.6 Å². The molecule has 0 aliphatic carbocycles. The number of para-hydroxylation sites is 1. The van der Waals surface area contributed by atoms with Gasteiger partial charge in [0.25, 0.3) is 0 Å². The maximum atomic E-state index is 13.4. The monoisotopic (exact) mass is 348 g/mol. The average Bonchev–Trinajstić information content (AvgIpc) is 2.89. The summed E-state index contributed by atoms with van der Waals surface area (Å²) < 4.78 is 19.0. The predicted molar refractivity (Wildman–Crippen MR) is 93.0 cm³/mol. The Labute approximate surface area is 143 Å². The van der Waals surface area contributed by atoms with Gasteiger partial charge in [0, 0.05) is 5.75 Å². The fourth-order valence-electron chi connectivity index (χ4n) is 2.51. The van der Waals surface area contributed by atoms with E-state index in [1.165, 1.54) is 23.9 Å². The molecule has 2 aromatic carbocycles. The minimum absolute atomic E-state index is 0.153. The molecule has 3 N–H and O–H groups in total. The summed E-state index contributed by atoms with van der Waals surface area (Å²) in [6.07, 6.45) is -0.153. The molecule has 0 radical (unpaired) electrons. The van der Waals surface area contributed by atoms with Crippen LogP contribution in [0.1, 0.15) is 6.42 Å². The SMILES string of the molecule is O=C(O)CC1(SCCOc2ccccc2)Nc2ccc(F)cc2N1. The van der Waals surface area contributed by atoms with Crippen LogP contribution in [0.5, 0.6) is 5.75 Å². The van der Waals surface area contributed by atoms with Gasteiger partial charge in [0.1, 0.15) is 11.6 Å². The van der Waals surface area contributed by atoms with Gasteiger partial charge in [0.15, 0.2) is 4.99 Å². The summed E-state index contributed by atoms with van der Waals surface area (Å²) in [7, 11) is 0. The molecule has 0 saturated carbocycles. The Morgan fingerprint density at radius 2 is 1.92 bits per heavy atom. The first kappa shape index (κ1) is 16.4. The zero-order valence-corrected chi connectivity index (χ0v) is 13.6. The van der Waals surface area contributed by atoms with Crippen molar-refractivity contribution in [3.8, 4) is 5.75 Å². The lowest BCUT2D eigenvalue weighted by molar-refractivity contribution is -0.137. The first-order valence-electron chi connectivity index (χ1n) is 7.46. The molecule has 24 heavy (non-hydrogen) atoms. The maximum absolute atomic E-state index is 13.4. The van der Waals surface area contributed by atoms with Crippen molar-refractivity contribution in [3.63, 3.8) is 0 Å². The normalized spacial score (nSPS) is 18.4. The van der Waals surface area contributed by atoms with E-state index in [0.717, 1.165) is 5.75 Å². The molecule has 0 saturated heterocycles. The van der Waals surface area contributed by atoms with E-state index in [4.69, 9.17) is 4.74 Å². The molecule has 1 atom stereocenters. The highest BCUT2D eigenvalue weighted by atomic mass is 32.2. The van der Waals surface area contributed by atoms with Crippen LogP contribution in [0.15, 0.2) is 48.5 Å². The second kappa shape index (κ2) is 7.00. The third-order valence-electron chi connectivity index (χ3n) is 3.50. The van der Waals surface area contributed by atoms with Crippen molar-refractivity contribution < 1.29 is 19.0 Å². The van der Waals surface area contributed by atoms with Crippen molar-refractivity contribution in [3.05, 3.63) is 54.3 Å². The fraction of sp³-hybridized carbons (Fsp3) is 0.235. The molecule has 5 nitrogen and oxygen atoms in total. The van der Waals surface area contributed by atoms with Crippen LogP contribution < -0.4 is 15.4 Å². The largest absolute Gasteiger partial charge is 0.493 e. The number of benzene rings is 2. The summed E-state index contributed by atoms with van der Waals surface area (Å²) in [5.41, 5.74) is 1.25. The van der Waals surface area contributed by atoms with Crippen LogP contribution in [0.3, 0.4) is 0 Å². The number of carboxylic acid groups (broad SMARTS) is 1. The lowest BCUT2D eigenvalue weighted by Gasteiger charge is -2.28. The summed E-state index contributed by atoms with van der Waals surface area (Å²) in [6, 6.07) is 13.7. The molecule has 0 amide bonds. The number of hydrogen-bond acceptors (Lipinski definition) is 5. The highest BCUT2D eigenvalue weighted by molar-refractivity contribution is 8.00. The summed E-state index contributed by atoms with van der Waals surface area (Å²) in [5.74, 6) is 0.0213. The lowest BCUT2D eigenvalue weighted by Crippen LogP contribution is -2.41. The van der Waals surface area contributed by atoms with E-state index in [0.29, 0.717) is 23.7 Å². The second-order valence-electron chi connectivity index (χ2n) is 5.35. The first-order valence-corrected chi connectivity index (χ1v) is 8.44. The Hall–Kier alpha value is -2.41. The summed E-state index contributed by atoms with van der Waals surface area (Å²) in [4.78, 5) is 10.3. The van der Waals surface area contributed by atoms with Crippen LogP contribution in [-0.2, 0) is 4.79 Å². The molecule has 7 heteroatoms. The number of fused-ring (bicyclic) bond motifs is 1. The molecule has 0 bridgehead atoms. The van der Waals surface area contributed by atoms with Crippen molar-refractivity contribution in [2.24, 2.45) is 0 Å². The molecule has 2 aromatic rings. The third kappa shape index (κ3) is 3.91.